The molecule has 1 saturated heterocycles. The van der Waals surface area contributed by atoms with Crippen LogP contribution in [0.4, 0.5) is 0 Å². The van der Waals surface area contributed by atoms with Crippen LogP contribution in [-0.2, 0) is 9.47 Å². The first-order chi connectivity index (χ1) is 8.97. The summed E-state index contributed by atoms with van der Waals surface area (Å²) in [7, 11) is 0. The summed E-state index contributed by atoms with van der Waals surface area (Å²) in [6.07, 6.45) is 5.93. The van der Waals surface area contributed by atoms with Gasteiger partial charge in [-0.15, -0.1) is 0 Å². The Bertz CT molecular complexity index is 229. The van der Waals surface area contributed by atoms with Gasteiger partial charge in [0.25, 0.3) is 0 Å². The third kappa shape index (κ3) is 7.28. The summed E-state index contributed by atoms with van der Waals surface area (Å²) in [5.41, 5.74) is 0.450. The van der Waals surface area contributed by atoms with Crippen molar-refractivity contribution in [2.75, 3.05) is 33.0 Å². The summed E-state index contributed by atoms with van der Waals surface area (Å²) >= 11 is 0. The van der Waals surface area contributed by atoms with Crippen LogP contribution in [0.5, 0.6) is 0 Å². The molecule has 3 nitrogen and oxygen atoms in total. The van der Waals surface area contributed by atoms with E-state index in [0.717, 1.165) is 39.4 Å². The molecule has 1 N–H and O–H groups in total. The van der Waals surface area contributed by atoms with Crippen LogP contribution in [0.1, 0.15) is 59.8 Å². The van der Waals surface area contributed by atoms with Crippen LogP contribution in [0.15, 0.2) is 0 Å². The Labute approximate surface area is 119 Å². The minimum absolute atomic E-state index is 0.174. The van der Waals surface area contributed by atoms with Gasteiger partial charge in [0.1, 0.15) is 0 Å². The zero-order valence-corrected chi connectivity index (χ0v) is 13.4. The zero-order valence-electron chi connectivity index (χ0n) is 13.4. The molecule has 0 aromatic heterocycles. The van der Waals surface area contributed by atoms with Crippen LogP contribution >= 0.6 is 0 Å². The normalized spacial score (nSPS) is 24.6. The molecule has 0 bridgehead atoms. The topological polar surface area (TPSA) is 30.5 Å². The fourth-order valence-corrected chi connectivity index (χ4v) is 2.42. The van der Waals surface area contributed by atoms with Crippen molar-refractivity contribution >= 4 is 0 Å². The Hall–Kier alpha value is -0.120. The molecule has 0 aromatic carbocycles. The summed E-state index contributed by atoms with van der Waals surface area (Å²) in [4.78, 5) is 0. The Morgan fingerprint density at radius 1 is 1.26 bits per heavy atom. The highest BCUT2D eigenvalue weighted by molar-refractivity contribution is 4.86. The smallest absolute Gasteiger partial charge is 0.0535 e. The molecule has 1 heterocycles. The summed E-state index contributed by atoms with van der Waals surface area (Å²) in [5.74, 6) is 0. The molecule has 0 amide bonds. The lowest BCUT2D eigenvalue weighted by Gasteiger charge is -2.39. The van der Waals surface area contributed by atoms with Gasteiger partial charge in [0.05, 0.1) is 6.61 Å². The highest BCUT2D eigenvalue weighted by atomic mass is 16.5. The molecule has 0 saturated carbocycles. The molecule has 1 fully saturated rings. The van der Waals surface area contributed by atoms with E-state index in [9.17, 15) is 0 Å². The van der Waals surface area contributed by atoms with Gasteiger partial charge in [-0.25, -0.2) is 0 Å². The monoisotopic (exact) mass is 271 g/mol. The lowest BCUT2D eigenvalue weighted by atomic mass is 9.79. The van der Waals surface area contributed by atoms with Gasteiger partial charge in [0.2, 0.25) is 0 Å². The predicted octanol–water partition coefficient (Wildman–Crippen LogP) is 3.38. The maximum Gasteiger partial charge on any atom is 0.0535 e. The molecule has 3 heteroatoms. The van der Waals surface area contributed by atoms with Gasteiger partial charge >= 0.3 is 0 Å². The van der Waals surface area contributed by atoms with E-state index in [1.807, 2.05) is 0 Å². The average molecular weight is 271 g/mol. The summed E-state index contributed by atoms with van der Waals surface area (Å²) in [6.45, 7) is 13.5. The van der Waals surface area contributed by atoms with Crippen LogP contribution in [0.2, 0.25) is 0 Å². The molecule has 1 rings (SSSR count). The second-order valence-electron chi connectivity index (χ2n) is 6.98. The van der Waals surface area contributed by atoms with E-state index in [-0.39, 0.29) is 11.0 Å². The molecule has 1 aliphatic rings. The van der Waals surface area contributed by atoms with Gasteiger partial charge < -0.3 is 14.8 Å². The second kappa shape index (κ2) is 8.23. The fraction of sp³-hybridized carbons (Fsp3) is 1.00. The van der Waals surface area contributed by atoms with Crippen molar-refractivity contribution in [1.29, 1.82) is 0 Å². The molecule has 1 atom stereocenters. The van der Waals surface area contributed by atoms with E-state index >= 15 is 0 Å². The predicted molar refractivity (Wildman–Crippen MR) is 80.6 cm³/mol. The van der Waals surface area contributed by atoms with Crippen LogP contribution in [0, 0.1) is 5.41 Å². The molecule has 0 aromatic rings. The van der Waals surface area contributed by atoms with Crippen molar-refractivity contribution in [2.24, 2.45) is 5.41 Å². The molecule has 114 valence electrons. The summed E-state index contributed by atoms with van der Waals surface area (Å²) in [5, 5.41) is 3.65. The number of hydrogen-bond donors (Lipinski definition) is 1. The van der Waals surface area contributed by atoms with Crippen molar-refractivity contribution in [2.45, 2.75) is 65.3 Å². The van der Waals surface area contributed by atoms with E-state index in [1.165, 1.54) is 25.7 Å². The zero-order chi connectivity index (χ0) is 14.2. The van der Waals surface area contributed by atoms with Gasteiger partial charge in [0.15, 0.2) is 0 Å². The molecule has 0 spiro atoms. The standard InChI is InChI=1S/C16H33NO2/c1-5-6-10-18-12-9-16(8-7-11-19-14-16)13-17-15(2,3)4/h17H,5-14H2,1-4H3. The quantitative estimate of drug-likeness (QED) is 0.687. The molecule has 1 unspecified atom stereocenters. The van der Waals surface area contributed by atoms with Crippen molar-refractivity contribution in [3.05, 3.63) is 0 Å². The van der Waals surface area contributed by atoms with Gasteiger partial charge in [-0.1, -0.05) is 13.3 Å². The van der Waals surface area contributed by atoms with Gasteiger partial charge in [0, 0.05) is 37.3 Å². The van der Waals surface area contributed by atoms with Crippen LogP contribution in [0.3, 0.4) is 0 Å². The van der Waals surface area contributed by atoms with Crippen molar-refractivity contribution in [1.82, 2.24) is 5.32 Å². The number of rotatable bonds is 8. The van der Waals surface area contributed by atoms with E-state index in [2.05, 4.69) is 33.0 Å². The maximum absolute atomic E-state index is 5.75. The molecular weight excluding hydrogens is 238 g/mol. The van der Waals surface area contributed by atoms with E-state index in [4.69, 9.17) is 9.47 Å². The molecule has 19 heavy (non-hydrogen) atoms. The molecule has 1 aliphatic heterocycles. The van der Waals surface area contributed by atoms with E-state index in [0.29, 0.717) is 0 Å². The molecular formula is C16H33NO2. The average Bonchev–Trinajstić information content (AvgIpc) is 2.37. The lowest BCUT2D eigenvalue weighted by molar-refractivity contribution is -0.0298. The third-order valence-corrected chi connectivity index (χ3v) is 3.82. The Morgan fingerprint density at radius 3 is 2.63 bits per heavy atom. The van der Waals surface area contributed by atoms with E-state index < -0.39 is 0 Å². The third-order valence-electron chi connectivity index (χ3n) is 3.82. The number of unbranched alkanes of at least 4 members (excludes halogenated alkanes) is 1. The number of hydrogen-bond acceptors (Lipinski definition) is 3. The minimum atomic E-state index is 0.174. The Balaban J connectivity index is 2.36. The van der Waals surface area contributed by atoms with Crippen LogP contribution in [-0.4, -0.2) is 38.5 Å². The van der Waals surface area contributed by atoms with Crippen molar-refractivity contribution < 1.29 is 9.47 Å². The first-order valence-electron chi connectivity index (χ1n) is 7.88. The number of nitrogens with one attached hydrogen (secondary N) is 1. The first kappa shape index (κ1) is 16.9. The van der Waals surface area contributed by atoms with Crippen molar-refractivity contribution in [3.63, 3.8) is 0 Å². The minimum Gasteiger partial charge on any atom is -0.381 e. The SMILES string of the molecule is CCCCOCCC1(CNC(C)(C)C)CCCOC1. The Morgan fingerprint density at radius 2 is 2.05 bits per heavy atom. The molecule has 0 aliphatic carbocycles. The summed E-state index contributed by atoms with van der Waals surface area (Å²) in [6, 6.07) is 0. The largest absolute Gasteiger partial charge is 0.381 e. The number of ether oxygens (including phenoxy) is 2. The van der Waals surface area contributed by atoms with Gasteiger partial charge in [-0.3, -0.25) is 0 Å². The maximum atomic E-state index is 5.75. The van der Waals surface area contributed by atoms with Crippen LogP contribution in [0.25, 0.3) is 0 Å². The van der Waals surface area contributed by atoms with Crippen molar-refractivity contribution in [3.8, 4) is 0 Å². The second-order valence-corrected chi connectivity index (χ2v) is 6.98. The molecule has 0 radical (unpaired) electrons. The van der Waals surface area contributed by atoms with E-state index in [1.54, 1.807) is 0 Å². The first-order valence-corrected chi connectivity index (χ1v) is 7.88. The van der Waals surface area contributed by atoms with Gasteiger partial charge in [-0.2, -0.15) is 0 Å². The summed E-state index contributed by atoms with van der Waals surface area (Å²) < 4.78 is 11.5. The lowest BCUT2D eigenvalue weighted by Crippen LogP contribution is -2.47. The Kier molecular flexibility index (Phi) is 7.33. The highest BCUT2D eigenvalue weighted by Gasteiger charge is 2.33. The van der Waals surface area contributed by atoms with Crippen LogP contribution < -0.4 is 5.32 Å². The van der Waals surface area contributed by atoms with Gasteiger partial charge in [-0.05, 0) is 46.5 Å². The fourth-order valence-electron chi connectivity index (χ4n) is 2.42. The highest BCUT2D eigenvalue weighted by Crippen LogP contribution is 2.32.